The zero-order chi connectivity index (χ0) is 28.9. The summed E-state index contributed by atoms with van der Waals surface area (Å²) in [5.74, 6) is 0.582. The van der Waals surface area contributed by atoms with Crippen LogP contribution in [-0.2, 0) is 9.53 Å². The Morgan fingerprint density at radius 2 is 1.59 bits per heavy atom. The average molecular weight is 542 g/mol. The van der Waals surface area contributed by atoms with Crippen molar-refractivity contribution in [3.8, 4) is 17.1 Å². The summed E-state index contributed by atoms with van der Waals surface area (Å²) in [4.78, 5) is 36.3. The molecule has 0 saturated carbocycles. The number of nitrogens with zero attached hydrogens (tertiary/aromatic N) is 4. The summed E-state index contributed by atoms with van der Waals surface area (Å²) >= 11 is 0. The van der Waals surface area contributed by atoms with Gasteiger partial charge in [0.2, 0.25) is 5.91 Å². The van der Waals surface area contributed by atoms with Crippen LogP contribution in [0.25, 0.3) is 11.4 Å². The molecule has 2 aliphatic heterocycles. The predicted molar refractivity (Wildman–Crippen MR) is 155 cm³/mol. The fraction of sp³-hybridized carbons (Fsp3) is 0.536. The molecule has 11 nitrogen and oxygen atoms in total. The second-order valence-corrected chi connectivity index (χ2v) is 8.64. The summed E-state index contributed by atoms with van der Waals surface area (Å²) in [7, 11) is 1.54. The highest BCUT2D eigenvalue weighted by molar-refractivity contribution is 6.02. The molecule has 4 N–H and O–H groups in total. The number of hydrogen-bond acceptors (Lipinski definition) is 8. The highest BCUT2D eigenvalue weighted by Gasteiger charge is 2.30. The molecule has 11 heteroatoms. The Labute approximate surface area is 231 Å². The summed E-state index contributed by atoms with van der Waals surface area (Å²) in [6, 6.07) is 6.76. The van der Waals surface area contributed by atoms with Gasteiger partial charge in [0.05, 0.1) is 18.9 Å². The van der Waals surface area contributed by atoms with Crippen LogP contribution >= 0.6 is 0 Å². The molecule has 1 aromatic carbocycles. The number of aromatic nitrogens is 2. The van der Waals surface area contributed by atoms with Crippen LogP contribution in [0.2, 0.25) is 0 Å². The first-order valence-corrected chi connectivity index (χ1v) is 13.7. The fourth-order valence-corrected chi connectivity index (χ4v) is 4.33. The van der Waals surface area contributed by atoms with Gasteiger partial charge in [-0.2, -0.15) is 0 Å². The van der Waals surface area contributed by atoms with Gasteiger partial charge in [0.1, 0.15) is 5.69 Å². The van der Waals surface area contributed by atoms with Crippen molar-refractivity contribution in [3.63, 3.8) is 0 Å². The van der Waals surface area contributed by atoms with Crippen molar-refractivity contribution < 1.29 is 19.4 Å². The molecule has 0 aliphatic carbocycles. The van der Waals surface area contributed by atoms with Crippen LogP contribution in [0, 0.1) is 11.3 Å². The Balaban J connectivity index is 0.00000127. The molecule has 0 spiro atoms. The highest BCUT2D eigenvalue weighted by Crippen LogP contribution is 2.34. The lowest BCUT2D eigenvalue weighted by Gasteiger charge is -2.32. The first-order valence-electron chi connectivity index (χ1n) is 13.7. The van der Waals surface area contributed by atoms with Gasteiger partial charge in [-0.15, -0.1) is 0 Å². The third-order valence-corrected chi connectivity index (χ3v) is 6.41. The summed E-state index contributed by atoms with van der Waals surface area (Å²) in [6.45, 7) is 12.9. The van der Waals surface area contributed by atoms with Gasteiger partial charge in [0.25, 0.3) is 0 Å². The number of carbonyl (C=O) groups is 2. The Kier molecular flexibility index (Phi) is 12.6. The molecule has 0 radical (unpaired) electrons. The van der Waals surface area contributed by atoms with E-state index in [1.165, 1.54) is 0 Å². The maximum atomic E-state index is 11.7. The van der Waals surface area contributed by atoms with E-state index in [0.29, 0.717) is 75.1 Å². The molecule has 0 atom stereocenters. The zero-order valence-corrected chi connectivity index (χ0v) is 24.0. The second-order valence-electron chi connectivity index (χ2n) is 8.64. The van der Waals surface area contributed by atoms with Crippen LogP contribution < -0.4 is 15.5 Å². The number of rotatable bonds is 5. The van der Waals surface area contributed by atoms with E-state index in [4.69, 9.17) is 10.1 Å². The summed E-state index contributed by atoms with van der Waals surface area (Å²) in [5.41, 5.74) is 1.78. The standard InChI is InChI=1S/C24H31N7O4.2C2H6/c1-15(32)30-9-7-16(8-10-30)19(25)20-21(33)23(31-11-13-35-14-12-31)29-22(28-20)17-3-5-18(6-4-17)27-24(34)26-2;2*1-2/h3-6,16,25,33H,7-14H2,1-2H3,(H2,26,27,34);2*1-2H3. The van der Waals surface area contributed by atoms with Crippen LogP contribution in [0.4, 0.5) is 16.3 Å². The van der Waals surface area contributed by atoms with Crippen molar-refractivity contribution in [2.45, 2.75) is 47.5 Å². The quantitative estimate of drug-likeness (QED) is 0.417. The Hall–Kier alpha value is -3.73. The van der Waals surface area contributed by atoms with Crippen molar-refractivity contribution >= 4 is 29.2 Å². The van der Waals surface area contributed by atoms with E-state index in [2.05, 4.69) is 20.6 Å². The van der Waals surface area contributed by atoms with Gasteiger partial charge >= 0.3 is 6.03 Å². The van der Waals surface area contributed by atoms with Crippen molar-refractivity contribution in [2.75, 3.05) is 56.7 Å². The lowest BCUT2D eigenvalue weighted by Crippen LogP contribution is -2.39. The number of morpholine rings is 1. The average Bonchev–Trinajstić information content (AvgIpc) is 3.00. The summed E-state index contributed by atoms with van der Waals surface area (Å²) in [5, 5.41) is 25.3. The van der Waals surface area contributed by atoms with Gasteiger partial charge < -0.3 is 35.7 Å². The van der Waals surface area contributed by atoms with Crippen molar-refractivity contribution in [1.29, 1.82) is 5.41 Å². The molecule has 39 heavy (non-hydrogen) atoms. The number of carbonyl (C=O) groups excluding carboxylic acids is 2. The van der Waals surface area contributed by atoms with Crippen molar-refractivity contribution in [1.82, 2.24) is 20.2 Å². The number of amides is 3. The van der Waals surface area contributed by atoms with Crippen LogP contribution in [-0.4, -0.2) is 84.1 Å². The van der Waals surface area contributed by atoms with Gasteiger partial charge in [0.15, 0.2) is 17.4 Å². The summed E-state index contributed by atoms with van der Waals surface area (Å²) in [6.07, 6.45) is 1.29. The van der Waals surface area contributed by atoms with E-state index in [1.54, 1.807) is 43.1 Å². The number of likely N-dealkylation sites (tertiary alicyclic amines) is 1. The van der Waals surface area contributed by atoms with E-state index in [9.17, 15) is 14.7 Å². The minimum Gasteiger partial charge on any atom is -0.503 e. The lowest BCUT2D eigenvalue weighted by molar-refractivity contribution is -0.129. The molecule has 2 aliphatic rings. The molecular formula is C28H43N7O4. The highest BCUT2D eigenvalue weighted by atomic mass is 16.5. The molecular weight excluding hydrogens is 498 g/mol. The smallest absolute Gasteiger partial charge is 0.318 e. The van der Waals surface area contributed by atoms with Crippen LogP contribution in [0.1, 0.15) is 53.2 Å². The number of aromatic hydroxyl groups is 1. The van der Waals surface area contributed by atoms with Crippen LogP contribution in [0.15, 0.2) is 24.3 Å². The summed E-state index contributed by atoms with van der Waals surface area (Å²) < 4.78 is 5.45. The molecule has 4 rings (SSSR count). The molecule has 214 valence electrons. The maximum Gasteiger partial charge on any atom is 0.318 e. The van der Waals surface area contributed by atoms with Gasteiger partial charge in [-0.25, -0.2) is 14.8 Å². The normalized spacial score (nSPS) is 15.2. The molecule has 2 saturated heterocycles. The second kappa shape index (κ2) is 15.6. The van der Waals surface area contributed by atoms with Gasteiger partial charge in [-0.3, -0.25) is 4.79 Å². The van der Waals surface area contributed by atoms with Gasteiger partial charge in [-0.1, -0.05) is 27.7 Å². The molecule has 3 amide bonds. The molecule has 2 aromatic rings. The Morgan fingerprint density at radius 3 is 2.13 bits per heavy atom. The van der Waals surface area contributed by atoms with E-state index in [1.807, 2.05) is 32.6 Å². The number of anilines is 2. The fourth-order valence-electron chi connectivity index (χ4n) is 4.33. The van der Waals surface area contributed by atoms with Crippen LogP contribution in [0.3, 0.4) is 0 Å². The predicted octanol–water partition coefficient (Wildman–Crippen LogP) is 4.12. The molecule has 0 unspecified atom stereocenters. The zero-order valence-electron chi connectivity index (χ0n) is 24.0. The van der Waals surface area contributed by atoms with Crippen molar-refractivity contribution in [2.24, 2.45) is 5.92 Å². The Morgan fingerprint density at radius 1 is 1.00 bits per heavy atom. The van der Waals surface area contributed by atoms with Crippen LogP contribution in [0.5, 0.6) is 5.75 Å². The topological polar surface area (TPSA) is 144 Å². The first-order chi connectivity index (χ1) is 18.9. The van der Waals surface area contributed by atoms with E-state index < -0.39 is 0 Å². The molecule has 0 bridgehead atoms. The lowest BCUT2D eigenvalue weighted by atomic mass is 9.89. The number of nitrogens with one attached hydrogen (secondary N) is 3. The maximum absolute atomic E-state index is 11.7. The third-order valence-electron chi connectivity index (χ3n) is 6.41. The number of ether oxygens (including phenoxy) is 1. The van der Waals surface area contributed by atoms with E-state index in [-0.39, 0.29) is 35.0 Å². The minimum atomic E-state index is -0.320. The van der Waals surface area contributed by atoms with E-state index >= 15 is 0 Å². The SMILES string of the molecule is CC.CC.CNC(=O)Nc1ccc(-c2nc(C(=N)C3CCN(C(C)=O)CC3)c(O)c(N3CCOCC3)n2)cc1. The van der Waals surface area contributed by atoms with E-state index in [0.717, 1.165) is 0 Å². The number of benzene rings is 1. The number of piperidine rings is 1. The molecule has 1 aromatic heterocycles. The first kappa shape index (κ1) is 31.5. The number of hydrogen-bond donors (Lipinski definition) is 4. The number of urea groups is 1. The Bertz CT molecular complexity index is 1090. The van der Waals surface area contributed by atoms with Crippen molar-refractivity contribution in [3.05, 3.63) is 30.0 Å². The minimum absolute atomic E-state index is 0.0334. The molecule has 2 fully saturated rings. The molecule has 3 heterocycles. The monoisotopic (exact) mass is 541 g/mol. The van der Waals surface area contributed by atoms with Gasteiger partial charge in [0, 0.05) is 57.3 Å². The largest absolute Gasteiger partial charge is 0.503 e. The van der Waals surface area contributed by atoms with Gasteiger partial charge in [-0.05, 0) is 37.1 Å². The third kappa shape index (κ3) is 8.13.